The Hall–Kier alpha value is -0.820. The Morgan fingerprint density at radius 1 is 0.947 bits per heavy atom. The average Bonchev–Trinajstić information content (AvgIpc) is 2.41. The van der Waals surface area contributed by atoms with E-state index >= 15 is 0 Å². The molecule has 1 radical (unpaired) electrons. The maximum absolute atomic E-state index is 12.6. The zero-order chi connectivity index (χ0) is 14.3. The molecule has 1 rings (SSSR count). The molecule has 107 valence electrons. The molecule has 0 aromatic heterocycles. The summed E-state index contributed by atoms with van der Waals surface area (Å²) in [5, 5.41) is 12.6. The predicted octanol–water partition coefficient (Wildman–Crippen LogP) is 5.50. The normalized spacial score (nSPS) is 12.9. The van der Waals surface area contributed by atoms with Crippen molar-refractivity contribution in [3.05, 3.63) is 34.9 Å². The summed E-state index contributed by atoms with van der Waals surface area (Å²) in [5.41, 5.74) is 3.70. The summed E-state index contributed by atoms with van der Waals surface area (Å²) < 4.78 is 0. The predicted molar refractivity (Wildman–Crippen MR) is 81.9 cm³/mol. The maximum atomic E-state index is 12.6. The van der Waals surface area contributed by atoms with E-state index in [1.807, 2.05) is 13.8 Å². The number of benzene rings is 1. The zero-order valence-corrected chi connectivity index (χ0v) is 13.0. The van der Waals surface area contributed by atoms with Crippen LogP contribution < -0.4 is 0 Å². The fourth-order valence-corrected chi connectivity index (χ4v) is 2.54. The lowest BCUT2D eigenvalue weighted by Crippen LogP contribution is -2.11. The van der Waals surface area contributed by atoms with E-state index in [1.54, 1.807) is 0 Å². The highest BCUT2D eigenvalue weighted by Crippen LogP contribution is 2.30. The van der Waals surface area contributed by atoms with Gasteiger partial charge in [0.2, 0.25) is 0 Å². The summed E-state index contributed by atoms with van der Waals surface area (Å²) in [4.78, 5) is 0. The van der Waals surface area contributed by atoms with Gasteiger partial charge >= 0.3 is 0 Å². The first-order chi connectivity index (χ1) is 9.11. The zero-order valence-electron chi connectivity index (χ0n) is 13.0. The molecule has 1 aromatic rings. The summed E-state index contributed by atoms with van der Waals surface area (Å²) in [6, 6.07) is 6.45. The highest BCUT2D eigenvalue weighted by atomic mass is 16.3. The second kappa shape index (κ2) is 8.37. The highest BCUT2D eigenvalue weighted by Gasteiger charge is 2.20. The Balaban J connectivity index is 3.07. The Kier molecular flexibility index (Phi) is 7.15. The van der Waals surface area contributed by atoms with Crippen molar-refractivity contribution in [3.63, 3.8) is 0 Å². The van der Waals surface area contributed by atoms with Crippen molar-refractivity contribution in [1.29, 1.82) is 0 Å². The monoisotopic (exact) mass is 261 g/mol. The van der Waals surface area contributed by atoms with E-state index in [2.05, 4.69) is 32.0 Å². The average molecular weight is 261 g/mol. The quantitative estimate of drug-likeness (QED) is 0.589. The van der Waals surface area contributed by atoms with E-state index in [4.69, 9.17) is 0 Å². The molecule has 0 amide bonds. The first-order valence-electron chi connectivity index (χ1n) is 7.88. The van der Waals surface area contributed by atoms with Crippen molar-refractivity contribution >= 4 is 0 Å². The van der Waals surface area contributed by atoms with Gasteiger partial charge in [0, 0.05) is 0 Å². The summed E-state index contributed by atoms with van der Waals surface area (Å²) in [6.45, 7) is 8.49. The molecule has 0 fully saturated rings. The van der Waals surface area contributed by atoms with E-state index in [0.29, 0.717) is 0 Å². The van der Waals surface area contributed by atoms with Gasteiger partial charge in [-0.25, -0.2) is 5.11 Å². The van der Waals surface area contributed by atoms with Crippen molar-refractivity contribution in [2.45, 2.75) is 72.3 Å². The molecule has 19 heavy (non-hydrogen) atoms. The minimum Gasteiger partial charge on any atom is -0.228 e. The van der Waals surface area contributed by atoms with E-state index in [-0.39, 0.29) is 5.92 Å². The topological polar surface area (TPSA) is 19.9 Å². The van der Waals surface area contributed by atoms with Crippen LogP contribution in [0.3, 0.4) is 0 Å². The van der Waals surface area contributed by atoms with E-state index in [9.17, 15) is 5.11 Å². The van der Waals surface area contributed by atoms with Gasteiger partial charge in [0.1, 0.15) is 6.10 Å². The van der Waals surface area contributed by atoms with Gasteiger partial charge in [-0.15, -0.1) is 0 Å². The summed E-state index contributed by atoms with van der Waals surface area (Å²) in [6.07, 6.45) is 6.26. The lowest BCUT2D eigenvalue weighted by atomic mass is 9.87. The van der Waals surface area contributed by atoms with Crippen LogP contribution in [0.15, 0.2) is 18.2 Å². The molecule has 0 heterocycles. The van der Waals surface area contributed by atoms with Crippen molar-refractivity contribution < 1.29 is 5.11 Å². The molecule has 1 atom stereocenters. The van der Waals surface area contributed by atoms with Crippen LogP contribution in [0.1, 0.15) is 76.2 Å². The number of hydrogen-bond donors (Lipinski definition) is 0. The molecule has 0 spiro atoms. The third kappa shape index (κ3) is 4.65. The molecule has 0 aliphatic heterocycles. The van der Waals surface area contributed by atoms with Crippen molar-refractivity contribution in [2.24, 2.45) is 5.92 Å². The fourth-order valence-electron chi connectivity index (χ4n) is 2.54. The van der Waals surface area contributed by atoms with Gasteiger partial charge in [-0.05, 0) is 48.3 Å². The van der Waals surface area contributed by atoms with Crippen LogP contribution in [0.25, 0.3) is 0 Å². The second-order valence-corrected chi connectivity index (χ2v) is 5.86. The Morgan fingerprint density at radius 2 is 1.42 bits per heavy atom. The highest BCUT2D eigenvalue weighted by molar-refractivity contribution is 5.37. The minimum absolute atomic E-state index is 0.170. The maximum Gasteiger partial charge on any atom is 0.121 e. The van der Waals surface area contributed by atoms with Crippen LogP contribution in [0, 0.1) is 5.92 Å². The van der Waals surface area contributed by atoms with Crippen molar-refractivity contribution in [1.82, 2.24) is 0 Å². The Bertz CT molecular complexity index is 342. The minimum atomic E-state index is -0.570. The molecule has 0 aliphatic carbocycles. The Labute approximate surface area is 119 Å². The summed E-state index contributed by atoms with van der Waals surface area (Å²) >= 11 is 0. The van der Waals surface area contributed by atoms with Gasteiger partial charge in [0.15, 0.2) is 0 Å². The van der Waals surface area contributed by atoms with Gasteiger partial charge in [-0.2, -0.15) is 0 Å². The standard InChI is InChI=1S/C18H29O/c1-5-7-10-15-12-9-13-16(11-8-6-2)17(15)18(19)14(3)4/h9,12-14,18H,5-8,10-11H2,1-4H3. The van der Waals surface area contributed by atoms with Crippen LogP contribution in [0.5, 0.6) is 0 Å². The van der Waals surface area contributed by atoms with E-state index < -0.39 is 6.10 Å². The number of unbranched alkanes of at least 4 members (excludes halogenated alkanes) is 2. The fraction of sp³-hybridized carbons (Fsp3) is 0.667. The SMILES string of the molecule is CCCCc1cccc(CCCC)c1C([O])C(C)C. The van der Waals surface area contributed by atoms with Crippen LogP contribution >= 0.6 is 0 Å². The lowest BCUT2D eigenvalue weighted by molar-refractivity contribution is 0.0473. The first kappa shape index (κ1) is 16.2. The second-order valence-electron chi connectivity index (χ2n) is 5.86. The third-order valence-electron chi connectivity index (χ3n) is 3.78. The van der Waals surface area contributed by atoms with Gasteiger partial charge in [0.25, 0.3) is 0 Å². The Morgan fingerprint density at radius 3 is 1.79 bits per heavy atom. The molecular weight excluding hydrogens is 232 g/mol. The smallest absolute Gasteiger partial charge is 0.121 e. The van der Waals surface area contributed by atoms with Gasteiger partial charge < -0.3 is 0 Å². The van der Waals surface area contributed by atoms with Gasteiger partial charge in [-0.1, -0.05) is 58.7 Å². The first-order valence-corrected chi connectivity index (χ1v) is 7.88. The summed E-state index contributed by atoms with van der Waals surface area (Å²) in [7, 11) is 0. The molecule has 1 heteroatoms. The van der Waals surface area contributed by atoms with E-state index in [0.717, 1.165) is 18.4 Å². The van der Waals surface area contributed by atoms with E-state index in [1.165, 1.54) is 36.8 Å². The molecule has 0 bridgehead atoms. The molecule has 0 N–H and O–H groups in total. The largest absolute Gasteiger partial charge is 0.228 e. The van der Waals surface area contributed by atoms with Crippen LogP contribution in [0.4, 0.5) is 0 Å². The molecular formula is C18H29O. The molecule has 0 aliphatic rings. The molecule has 1 unspecified atom stereocenters. The summed E-state index contributed by atoms with van der Waals surface area (Å²) in [5.74, 6) is 0.170. The third-order valence-corrected chi connectivity index (χ3v) is 3.78. The molecule has 0 saturated carbocycles. The van der Waals surface area contributed by atoms with Crippen LogP contribution in [-0.2, 0) is 17.9 Å². The number of hydrogen-bond acceptors (Lipinski definition) is 0. The van der Waals surface area contributed by atoms with Crippen molar-refractivity contribution in [2.75, 3.05) is 0 Å². The van der Waals surface area contributed by atoms with Crippen LogP contribution in [-0.4, -0.2) is 0 Å². The van der Waals surface area contributed by atoms with Crippen molar-refractivity contribution in [3.8, 4) is 0 Å². The molecule has 0 saturated heterocycles. The lowest BCUT2D eigenvalue weighted by Gasteiger charge is -2.21. The van der Waals surface area contributed by atoms with Crippen LogP contribution in [0.2, 0.25) is 0 Å². The molecule has 1 nitrogen and oxygen atoms in total. The number of aryl methyl sites for hydroxylation is 2. The number of rotatable bonds is 8. The van der Waals surface area contributed by atoms with Gasteiger partial charge in [-0.3, -0.25) is 0 Å². The molecule has 1 aromatic carbocycles. The van der Waals surface area contributed by atoms with Gasteiger partial charge in [0.05, 0.1) is 0 Å².